The van der Waals surface area contributed by atoms with Gasteiger partial charge in [-0.2, -0.15) is 0 Å². The Balaban J connectivity index is 3.12. The average Bonchev–Trinajstić information content (AvgIpc) is 2.76. The molecule has 7 nitrogen and oxygen atoms in total. The maximum Gasteiger partial charge on any atom is 0.316 e. The fourth-order valence-corrected chi connectivity index (χ4v) is 2.07. The molecule has 7 N–H and O–H groups in total. The molecule has 1 aromatic rings. The summed E-state index contributed by atoms with van der Waals surface area (Å²) in [5, 5.41) is 2.32. The molecule has 0 unspecified atom stereocenters. The fraction of sp³-hybridized carbons (Fsp3) is 0.0833. The number of carbonyl (C=O) groups excluding carboxylic acids is 2. The van der Waals surface area contributed by atoms with Crippen LogP contribution in [0.1, 0.15) is 14.5 Å². The highest BCUT2D eigenvalue weighted by atomic mass is 32.1. The van der Waals surface area contributed by atoms with Gasteiger partial charge >= 0.3 is 6.03 Å². The molecule has 104 valence electrons. The van der Waals surface area contributed by atoms with E-state index in [9.17, 15) is 9.59 Å². The van der Waals surface area contributed by atoms with E-state index < -0.39 is 11.9 Å². The van der Waals surface area contributed by atoms with Gasteiger partial charge in [0, 0.05) is 19.5 Å². The summed E-state index contributed by atoms with van der Waals surface area (Å²) in [6.45, 7) is 0. The van der Waals surface area contributed by atoms with Crippen LogP contribution in [0, 0.1) is 11.8 Å². The van der Waals surface area contributed by atoms with Crippen LogP contribution in [0.3, 0.4) is 0 Å². The predicted molar refractivity (Wildman–Crippen MR) is 79.6 cm³/mol. The normalized spacial score (nSPS) is 10.9. The molecule has 8 heteroatoms. The number of thiophene rings is 1. The zero-order chi connectivity index (χ0) is 15.1. The van der Waals surface area contributed by atoms with Gasteiger partial charge < -0.3 is 22.5 Å². The molecule has 1 aromatic heterocycles. The molecule has 1 heterocycles. The maximum absolute atomic E-state index is 11.3. The second-order valence-electron chi connectivity index (χ2n) is 3.47. The lowest BCUT2D eigenvalue weighted by atomic mass is 10.3. The molecule has 0 bridgehead atoms. The smallest absolute Gasteiger partial charge is 0.316 e. The summed E-state index contributed by atoms with van der Waals surface area (Å²) in [4.78, 5) is 26.6. The quantitative estimate of drug-likeness (QED) is 0.468. The topological polar surface area (TPSA) is 137 Å². The van der Waals surface area contributed by atoms with Crippen molar-refractivity contribution in [2.24, 2.45) is 22.2 Å². The van der Waals surface area contributed by atoms with Gasteiger partial charge in [-0.3, -0.25) is 9.79 Å². The monoisotopic (exact) mass is 291 g/mol. The highest BCUT2D eigenvalue weighted by Crippen LogP contribution is 2.26. The van der Waals surface area contributed by atoms with Crippen LogP contribution in [0.2, 0.25) is 0 Å². The number of amides is 3. The standard InChI is InChI=1S/C12H13N5O2S/c1-16-6-7(5-13)2-3-8-4-9(17-12(15)19)10(20-8)11(14)18/h4-6H,13H2,1H3,(H2,14,18)(H3,15,17,19). The van der Waals surface area contributed by atoms with Gasteiger partial charge in [0.2, 0.25) is 0 Å². The van der Waals surface area contributed by atoms with Gasteiger partial charge in [-0.15, -0.1) is 11.3 Å². The number of rotatable bonds is 3. The number of aliphatic imine (C=N–C) groups is 1. The van der Waals surface area contributed by atoms with Crippen LogP contribution < -0.4 is 22.5 Å². The number of nitrogens with zero attached hydrogens (tertiary/aromatic N) is 1. The van der Waals surface area contributed by atoms with Crippen molar-refractivity contribution >= 4 is 35.2 Å². The number of nitrogens with two attached hydrogens (primary N) is 3. The molecule has 20 heavy (non-hydrogen) atoms. The molecule has 0 spiro atoms. The van der Waals surface area contributed by atoms with Gasteiger partial charge in [-0.25, -0.2) is 4.79 Å². The molecule has 0 aliphatic carbocycles. The molecule has 3 amide bonds. The maximum atomic E-state index is 11.3. The molecule has 0 saturated carbocycles. The molecule has 0 aliphatic rings. The number of anilines is 1. The second-order valence-corrected chi connectivity index (χ2v) is 4.52. The zero-order valence-electron chi connectivity index (χ0n) is 10.6. The van der Waals surface area contributed by atoms with Gasteiger partial charge in [-0.1, -0.05) is 11.8 Å². The third-order valence-electron chi connectivity index (χ3n) is 1.99. The van der Waals surface area contributed by atoms with Gasteiger partial charge in [0.1, 0.15) is 4.88 Å². The van der Waals surface area contributed by atoms with E-state index in [0.717, 1.165) is 11.3 Å². The summed E-state index contributed by atoms with van der Waals surface area (Å²) in [5.74, 6) is 4.90. The van der Waals surface area contributed by atoms with E-state index in [1.807, 2.05) is 0 Å². The Kier molecular flexibility index (Phi) is 5.31. The molecule has 0 atom stereocenters. The van der Waals surface area contributed by atoms with Crippen LogP contribution in [0.4, 0.5) is 10.5 Å². The third-order valence-corrected chi connectivity index (χ3v) is 3.06. The molecular weight excluding hydrogens is 278 g/mol. The van der Waals surface area contributed by atoms with Gasteiger partial charge in [0.05, 0.1) is 16.1 Å². The van der Waals surface area contributed by atoms with E-state index in [1.165, 1.54) is 18.5 Å². The Morgan fingerprint density at radius 3 is 2.65 bits per heavy atom. The van der Waals surface area contributed by atoms with Crippen molar-refractivity contribution in [2.45, 2.75) is 0 Å². The largest absolute Gasteiger partial charge is 0.404 e. The van der Waals surface area contributed by atoms with Crippen molar-refractivity contribution in [3.63, 3.8) is 0 Å². The van der Waals surface area contributed by atoms with Crippen molar-refractivity contribution in [1.82, 2.24) is 0 Å². The Bertz CT molecular complexity index is 649. The number of hydrogen-bond donors (Lipinski definition) is 4. The number of hydrogen-bond acceptors (Lipinski definition) is 5. The zero-order valence-corrected chi connectivity index (χ0v) is 11.5. The number of nitrogens with one attached hydrogen (secondary N) is 1. The van der Waals surface area contributed by atoms with Crippen LogP contribution in [0.25, 0.3) is 0 Å². The first-order chi connectivity index (χ1) is 9.47. The summed E-state index contributed by atoms with van der Waals surface area (Å²) in [6.07, 6.45) is 2.81. The van der Waals surface area contributed by atoms with Crippen molar-refractivity contribution in [2.75, 3.05) is 12.4 Å². The lowest BCUT2D eigenvalue weighted by Crippen LogP contribution is -2.21. The number of primary amides is 2. The summed E-state index contributed by atoms with van der Waals surface area (Å²) >= 11 is 1.05. The minimum absolute atomic E-state index is 0.176. The predicted octanol–water partition coefficient (Wildman–Crippen LogP) is 0.232. The highest BCUT2D eigenvalue weighted by Gasteiger charge is 2.14. The van der Waals surface area contributed by atoms with Crippen molar-refractivity contribution in [1.29, 1.82) is 0 Å². The summed E-state index contributed by atoms with van der Waals surface area (Å²) in [5.41, 5.74) is 16.4. The second kappa shape index (κ2) is 6.96. The van der Waals surface area contributed by atoms with Crippen LogP contribution in [-0.4, -0.2) is 25.2 Å². The first kappa shape index (κ1) is 15.3. The Hall–Kier alpha value is -2.79. The van der Waals surface area contributed by atoms with Crippen LogP contribution in [0.15, 0.2) is 22.8 Å². The molecule has 0 radical (unpaired) electrons. The molecule has 0 aromatic carbocycles. The Morgan fingerprint density at radius 2 is 2.15 bits per heavy atom. The molecular formula is C12H13N5O2S. The average molecular weight is 291 g/mol. The van der Waals surface area contributed by atoms with Crippen LogP contribution >= 0.6 is 11.3 Å². The Morgan fingerprint density at radius 1 is 1.45 bits per heavy atom. The van der Waals surface area contributed by atoms with Gasteiger partial charge in [0.25, 0.3) is 5.91 Å². The van der Waals surface area contributed by atoms with E-state index in [4.69, 9.17) is 17.2 Å². The third kappa shape index (κ3) is 4.15. The van der Waals surface area contributed by atoms with E-state index in [1.54, 1.807) is 7.05 Å². The summed E-state index contributed by atoms with van der Waals surface area (Å²) in [7, 11) is 1.59. The number of allylic oxidation sites excluding steroid dienone is 1. The van der Waals surface area contributed by atoms with E-state index in [0.29, 0.717) is 10.5 Å². The summed E-state index contributed by atoms with van der Waals surface area (Å²) < 4.78 is 0. The molecule has 0 saturated heterocycles. The van der Waals surface area contributed by atoms with Crippen LogP contribution in [0.5, 0.6) is 0 Å². The number of carbonyl (C=O) groups is 2. The first-order valence-electron chi connectivity index (χ1n) is 5.34. The molecule has 0 fully saturated rings. The summed E-state index contributed by atoms with van der Waals surface area (Å²) in [6, 6.07) is 0.727. The first-order valence-corrected chi connectivity index (χ1v) is 6.15. The number of urea groups is 1. The lowest BCUT2D eigenvalue weighted by molar-refractivity contribution is 0.100. The van der Waals surface area contributed by atoms with Crippen molar-refractivity contribution in [3.05, 3.63) is 27.6 Å². The van der Waals surface area contributed by atoms with Crippen LogP contribution in [-0.2, 0) is 0 Å². The van der Waals surface area contributed by atoms with Gasteiger partial charge in [-0.05, 0) is 6.07 Å². The van der Waals surface area contributed by atoms with Crippen molar-refractivity contribution < 1.29 is 9.59 Å². The lowest BCUT2D eigenvalue weighted by Gasteiger charge is -1.98. The van der Waals surface area contributed by atoms with Crippen molar-refractivity contribution in [3.8, 4) is 11.8 Å². The fourth-order valence-electron chi connectivity index (χ4n) is 1.25. The minimum Gasteiger partial charge on any atom is -0.404 e. The Labute approximate surface area is 119 Å². The SMILES string of the molecule is CN=CC(C#Cc1cc(NC(N)=O)c(C(N)=O)s1)=CN. The van der Waals surface area contributed by atoms with E-state index in [2.05, 4.69) is 22.2 Å². The molecule has 0 aliphatic heterocycles. The van der Waals surface area contributed by atoms with Gasteiger partial charge in [0.15, 0.2) is 0 Å². The highest BCUT2D eigenvalue weighted by molar-refractivity contribution is 7.15. The minimum atomic E-state index is -0.787. The van der Waals surface area contributed by atoms with E-state index in [-0.39, 0.29) is 10.6 Å². The van der Waals surface area contributed by atoms with E-state index >= 15 is 0 Å². The molecule has 1 rings (SSSR count).